The van der Waals surface area contributed by atoms with Gasteiger partial charge in [-0.1, -0.05) is 57.0 Å². The highest BCUT2D eigenvalue weighted by atomic mass is 16.5. The number of hydrogen-bond donors (Lipinski definition) is 2. The van der Waals surface area contributed by atoms with Crippen LogP contribution in [-0.2, 0) is 14.3 Å². The van der Waals surface area contributed by atoms with Crippen LogP contribution in [0, 0.1) is 12.3 Å². The number of likely N-dealkylation sites (tertiary alicyclic amines) is 1. The molecule has 1 aromatic rings. The summed E-state index contributed by atoms with van der Waals surface area (Å²) in [6, 6.07) is 7.12. The first-order chi connectivity index (χ1) is 13.3. The number of carbonyl (C=O) groups is 3. The SMILES string of the molecule is CCCC(NC(=O)N1C(=O)C(CC)(CC)C1OCC(=O)O)c1ccc(C)cc1. The minimum atomic E-state index is -1.13. The maximum absolute atomic E-state index is 12.9. The number of aryl methyl sites for hydroxylation is 1. The minimum absolute atomic E-state index is 0.232. The molecule has 2 unspecified atom stereocenters. The van der Waals surface area contributed by atoms with Crippen molar-refractivity contribution in [3.8, 4) is 0 Å². The van der Waals surface area contributed by atoms with Crippen LogP contribution in [0.3, 0.4) is 0 Å². The molecule has 2 atom stereocenters. The number of nitrogens with one attached hydrogen (secondary N) is 1. The third-order valence-corrected chi connectivity index (χ3v) is 5.55. The maximum atomic E-state index is 12.9. The Morgan fingerprint density at radius 2 is 1.82 bits per heavy atom. The maximum Gasteiger partial charge on any atom is 0.329 e. The van der Waals surface area contributed by atoms with E-state index in [1.807, 2.05) is 52.0 Å². The number of hydrogen-bond acceptors (Lipinski definition) is 4. The normalized spacial score (nSPS) is 19.1. The smallest absolute Gasteiger partial charge is 0.329 e. The number of amides is 3. The van der Waals surface area contributed by atoms with Gasteiger partial charge in [-0.15, -0.1) is 0 Å². The zero-order valence-corrected chi connectivity index (χ0v) is 17.0. The van der Waals surface area contributed by atoms with Crippen molar-refractivity contribution in [1.29, 1.82) is 0 Å². The number of carboxylic acid groups (broad SMARTS) is 1. The van der Waals surface area contributed by atoms with E-state index in [9.17, 15) is 14.4 Å². The molecule has 2 rings (SSSR count). The van der Waals surface area contributed by atoms with E-state index >= 15 is 0 Å². The summed E-state index contributed by atoms with van der Waals surface area (Å²) in [5.41, 5.74) is 1.24. The van der Waals surface area contributed by atoms with Gasteiger partial charge in [0.2, 0.25) is 5.91 Å². The van der Waals surface area contributed by atoms with E-state index < -0.39 is 30.3 Å². The molecule has 7 nitrogen and oxygen atoms in total. The van der Waals surface area contributed by atoms with Gasteiger partial charge in [0.15, 0.2) is 6.23 Å². The summed E-state index contributed by atoms with van der Waals surface area (Å²) in [5, 5.41) is 11.9. The number of aliphatic carboxylic acids is 1. The molecule has 1 aliphatic rings. The summed E-state index contributed by atoms with van der Waals surface area (Å²) >= 11 is 0. The third-order valence-electron chi connectivity index (χ3n) is 5.55. The number of imide groups is 1. The van der Waals surface area contributed by atoms with Crippen molar-refractivity contribution in [3.63, 3.8) is 0 Å². The van der Waals surface area contributed by atoms with Gasteiger partial charge < -0.3 is 15.2 Å². The first-order valence-corrected chi connectivity index (χ1v) is 9.84. The molecule has 7 heteroatoms. The molecule has 1 fully saturated rings. The van der Waals surface area contributed by atoms with Gasteiger partial charge in [0.1, 0.15) is 6.61 Å². The van der Waals surface area contributed by atoms with E-state index in [1.165, 1.54) is 0 Å². The highest BCUT2D eigenvalue weighted by Gasteiger charge is 2.62. The molecule has 154 valence electrons. The zero-order valence-electron chi connectivity index (χ0n) is 17.0. The molecule has 3 amide bonds. The summed E-state index contributed by atoms with van der Waals surface area (Å²) in [7, 11) is 0. The third kappa shape index (κ3) is 4.19. The lowest BCUT2D eigenvalue weighted by Crippen LogP contribution is -2.72. The molecule has 1 aliphatic heterocycles. The molecule has 2 N–H and O–H groups in total. The second-order valence-electron chi connectivity index (χ2n) is 7.30. The van der Waals surface area contributed by atoms with E-state index in [0.29, 0.717) is 12.8 Å². The van der Waals surface area contributed by atoms with Crippen LogP contribution in [0.15, 0.2) is 24.3 Å². The fourth-order valence-corrected chi connectivity index (χ4v) is 3.75. The van der Waals surface area contributed by atoms with Crippen LogP contribution in [0.2, 0.25) is 0 Å². The van der Waals surface area contributed by atoms with Gasteiger partial charge in [-0.2, -0.15) is 0 Å². The lowest BCUT2D eigenvalue weighted by atomic mass is 9.72. The van der Waals surface area contributed by atoms with Crippen molar-refractivity contribution >= 4 is 17.9 Å². The van der Waals surface area contributed by atoms with Crippen molar-refractivity contribution in [3.05, 3.63) is 35.4 Å². The lowest BCUT2D eigenvalue weighted by Gasteiger charge is -2.53. The first kappa shape index (κ1) is 21.9. The van der Waals surface area contributed by atoms with Crippen molar-refractivity contribution in [2.75, 3.05) is 6.61 Å². The van der Waals surface area contributed by atoms with Crippen LogP contribution in [0.4, 0.5) is 4.79 Å². The summed E-state index contributed by atoms with van der Waals surface area (Å²) in [4.78, 5) is 37.7. The molecule has 1 saturated heterocycles. The Bertz CT molecular complexity index is 712. The zero-order chi connectivity index (χ0) is 20.9. The van der Waals surface area contributed by atoms with Crippen molar-refractivity contribution in [2.45, 2.75) is 65.6 Å². The molecule has 1 heterocycles. The van der Waals surface area contributed by atoms with Crippen molar-refractivity contribution < 1.29 is 24.2 Å². The number of rotatable bonds is 9. The number of β-lactam (4-membered cyclic amide) rings is 1. The molecule has 0 radical (unpaired) electrons. The predicted octanol–water partition coefficient (Wildman–Crippen LogP) is 3.62. The quantitative estimate of drug-likeness (QED) is 0.628. The minimum Gasteiger partial charge on any atom is -0.480 e. The van der Waals surface area contributed by atoms with E-state index in [-0.39, 0.29) is 11.9 Å². The van der Waals surface area contributed by atoms with Gasteiger partial charge in [0.05, 0.1) is 11.5 Å². The van der Waals surface area contributed by atoms with Gasteiger partial charge >= 0.3 is 12.0 Å². The summed E-state index contributed by atoms with van der Waals surface area (Å²) in [6.45, 7) is 7.16. The standard InChI is InChI=1S/C21H30N2O5/c1-5-8-16(15-11-9-14(4)10-12-15)22-20(27)23-18(26)21(6-2,7-3)19(23)28-13-17(24)25/h9-12,16,19H,5-8,13H2,1-4H3,(H,22,27)(H,24,25). The fourth-order valence-electron chi connectivity index (χ4n) is 3.75. The number of carboxylic acids is 1. The average molecular weight is 390 g/mol. The van der Waals surface area contributed by atoms with Crippen LogP contribution >= 0.6 is 0 Å². The van der Waals surface area contributed by atoms with Crippen LogP contribution in [0.1, 0.15) is 63.6 Å². The predicted molar refractivity (Wildman–Crippen MR) is 105 cm³/mol. The average Bonchev–Trinajstić information content (AvgIpc) is 2.66. The summed E-state index contributed by atoms with van der Waals surface area (Å²) in [5.74, 6) is -1.45. The number of nitrogens with zero attached hydrogens (tertiary/aromatic N) is 1. The van der Waals surface area contributed by atoms with Crippen LogP contribution in [0.5, 0.6) is 0 Å². The monoisotopic (exact) mass is 390 g/mol. The highest BCUT2D eigenvalue weighted by Crippen LogP contribution is 2.45. The van der Waals surface area contributed by atoms with Crippen molar-refractivity contribution in [1.82, 2.24) is 10.2 Å². The molecule has 0 aliphatic carbocycles. The molecule has 0 aromatic heterocycles. The molecule has 0 saturated carbocycles. The number of carbonyl (C=O) groups excluding carboxylic acids is 2. The van der Waals surface area contributed by atoms with E-state index in [4.69, 9.17) is 9.84 Å². The largest absolute Gasteiger partial charge is 0.480 e. The Morgan fingerprint density at radius 1 is 1.21 bits per heavy atom. The molecular weight excluding hydrogens is 360 g/mol. The molecule has 1 aromatic carbocycles. The lowest BCUT2D eigenvalue weighted by molar-refractivity contribution is -0.213. The van der Waals surface area contributed by atoms with E-state index in [1.54, 1.807) is 0 Å². The van der Waals surface area contributed by atoms with Gasteiger partial charge in [-0.05, 0) is 31.7 Å². The van der Waals surface area contributed by atoms with Crippen molar-refractivity contribution in [2.24, 2.45) is 5.41 Å². The number of ether oxygens (including phenoxy) is 1. The second kappa shape index (κ2) is 9.19. The first-order valence-electron chi connectivity index (χ1n) is 9.84. The Labute approximate surface area is 166 Å². The Kier molecular flexibility index (Phi) is 7.18. The number of urea groups is 1. The van der Waals surface area contributed by atoms with Crippen LogP contribution < -0.4 is 5.32 Å². The Morgan fingerprint density at radius 3 is 2.32 bits per heavy atom. The Balaban J connectivity index is 2.20. The van der Waals surface area contributed by atoms with Gasteiger partial charge in [-0.25, -0.2) is 14.5 Å². The topological polar surface area (TPSA) is 95.9 Å². The van der Waals surface area contributed by atoms with Gasteiger partial charge in [0, 0.05) is 0 Å². The number of benzene rings is 1. The molecule has 0 bridgehead atoms. The van der Waals surface area contributed by atoms with Crippen LogP contribution in [-0.4, -0.2) is 40.7 Å². The molecular formula is C21H30N2O5. The van der Waals surface area contributed by atoms with E-state index in [2.05, 4.69) is 5.32 Å². The van der Waals surface area contributed by atoms with E-state index in [0.717, 1.165) is 28.9 Å². The summed E-state index contributed by atoms with van der Waals surface area (Å²) < 4.78 is 5.45. The fraction of sp³-hybridized carbons (Fsp3) is 0.571. The molecule has 28 heavy (non-hydrogen) atoms. The summed E-state index contributed by atoms with van der Waals surface area (Å²) in [6.07, 6.45) is 1.68. The van der Waals surface area contributed by atoms with Crippen LogP contribution in [0.25, 0.3) is 0 Å². The highest BCUT2D eigenvalue weighted by molar-refractivity contribution is 6.03. The Hall–Kier alpha value is -2.41. The second-order valence-corrected chi connectivity index (χ2v) is 7.30. The van der Waals surface area contributed by atoms with Gasteiger partial charge in [0.25, 0.3) is 0 Å². The van der Waals surface area contributed by atoms with Gasteiger partial charge in [-0.3, -0.25) is 4.79 Å². The molecule has 0 spiro atoms.